The van der Waals surface area contributed by atoms with Crippen molar-refractivity contribution in [2.75, 3.05) is 6.61 Å². The number of aromatic nitrogens is 2. The molecule has 0 unspecified atom stereocenters. The molecule has 0 fully saturated rings. The molecule has 8 nitrogen and oxygen atoms in total. The van der Waals surface area contributed by atoms with Crippen molar-refractivity contribution in [1.82, 2.24) is 10.2 Å². The van der Waals surface area contributed by atoms with Gasteiger partial charge in [-0.2, -0.15) is 0 Å². The van der Waals surface area contributed by atoms with Gasteiger partial charge in [0.1, 0.15) is 16.4 Å². The van der Waals surface area contributed by atoms with Crippen molar-refractivity contribution in [3.05, 3.63) is 58.5 Å². The van der Waals surface area contributed by atoms with E-state index in [1.807, 2.05) is 0 Å². The first-order valence-corrected chi connectivity index (χ1v) is 9.08. The third-order valence-corrected chi connectivity index (χ3v) is 4.35. The fourth-order valence-corrected chi connectivity index (χ4v) is 2.94. The molecule has 0 aliphatic rings. The molecule has 1 N–H and O–H groups in total. The Kier molecular flexibility index (Phi) is 5.95. The van der Waals surface area contributed by atoms with Gasteiger partial charge in [-0.3, -0.25) is 0 Å². The number of carbonyl (C=O) groups is 2. The Morgan fingerprint density at radius 3 is 2.50 bits per heavy atom. The van der Waals surface area contributed by atoms with E-state index in [-0.39, 0.29) is 10.1 Å². The summed E-state index contributed by atoms with van der Waals surface area (Å²) in [6, 6.07) is 10.1. The Morgan fingerprint density at radius 1 is 1.14 bits per heavy atom. The van der Waals surface area contributed by atoms with E-state index in [1.165, 1.54) is 6.08 Å². The number of thioether (sulfide) groups is 1. The maximum atomic E-state index is 11.7. The van der Waals surface area contributed by atoms with Crippen molar-refractivity contribution in [2.24, 2.45) is 0 Å². The van der Waals surface area contributed by atoms with E-state index in [9.17, 15) is 14.7 Å². The third-order valence-electron chi connectivity index (χ3n) is 3.50. The monoisotopic (exact) mass is 400 g/mol. The molecule has 0 radical (unpaired) electrons. The summed E-state index contributed by atoms with van der Waals surface area (Å²) in [5.41, 5.74) is 1.18. The highest BCUT2D eigenvalue weighted by molar-refractivity contribution is 8.03. The van der Waals surface area contributed by atoms with Crippen LogP contribution < -0.4 is 0 Å². The van der Waals surface area contributed by atoms with Crippen LogP contribution in [0.2, 0.25) is 0 Å². The smallest absolute Gasteiger partial charge is 0.342 e. The fourth-order valence-electron chi connectivity index (χ4n) is 2.25. The quantitative estimate of drug-likeness (QED) is 0.356. The Labute approximate surface area is 164 Å². The summed E-state index contributed by atoms with van der Waals surface area (Å²) < 4.78 is 15.8. The number of hydrogen-bond donors (Lipinski definition) is 1. The van der Waals surface area contributed by atoms with Gasteiger partial charge in [0.25, 0.3) is 5.22 Å². The molecule has 2 heterocycles. The number of carbonyl (C=O) groups excluding carboxylic acids is 1. The summed E-state index contributed by atoms with van der Waals surface area (Å²) in [5, 5.41) is 17.0. The van der Waals surface area contributed by atoms with Crippen LogP contribution >= 0.6 is 11.8 Å². The summed E-state index contributed by atoms with van der Waals surface area (Å²) in [7, 11) is 0. The average Bonchev–Trinajstić information content (AvgIpc) is 3.30. The lowest BCUT2D eigenvalue weighted by Crippen LogP contribution is -2.03. The van der Waals surface area contributed by atoms with Crippen molar-refractivity contribution >= 4 is 29.8 Å². The van der Waals surface area contributed by atoms with E-state index in [0.717, 1.165) is 17.3 Å². The summed E-state index contributed by atoms with van der Waals surface area (Å²) in [6.07, 6.45) is 1.38. The minimum absolute atomic E-state index is 0.0257. The Balaban J connectivity index is 1.79. The summed E-state index contributed by atoms with van der Waals surface area (Å²) >= 11 is 0.837. The molecule has 1 aromatic carbocycles. The van der Waals surface area contributed by atoms with E-state index in [0.29, 0.717) is 29.6 Å². The summed E-state index contributed by atoms with van der Waals surface area (Å²) in [4.78, 5) is 23.2. The van der Waals surface area contributed by atoms with Crippen molar-refractivity contribution in [1.29, 1.82) is 0 Å². The van der Waals surface area contributed by atoms with Gasteiger partial charge in [-0.15, -0.1) is 10.2 Å². The van der Waals surface area contributed by atoms with Crippen LogP contribution in [0.5, 0.6) is 0 Å². The van der Waals surface area contributed by atoms with Crippen LogP contribution in [0.15, 0.2) is 55.4 Å². The number of rotatable bonds is 7. The van der Waals surface area contributed by atoms with E-state index >= 15 is 0 Å². The van der Waals surface area contributed by atoms with Crippen LogP contribution in [0.25, 0.3) is 17.4 Å². The Bertz CT molecular complexity index is 1020. The minimum Gasteiger partial charge on any atom is -0.477 e. The molecule has 0 bridgehead atoms. The molecular formula is C19H16N2O6S. The molecule has 9 heteroatoms. The van der Waals surface area contributed by atoms with Gasteiger partial charge in [-0.1, -0.05) is 12.1 Å². The van der Waals surface area contributed by atoms with Crippen molar-refractivity contribution in [3.8, 4) is 11.3 Å². The Hall–Kier alpha value is -3.33. The van der Waals surface area contributed by atoms with E-state index < -0.39 is 11.9 Å². The highest BCUT2D eigenvalue weighted by Crippen LogP contribution is 2.29. The lowest BCUT2D eigenvalue weighted by Gasteiger charge is -2.02. The molecule has 28 heavy (non-hydrogen) atoms. The minimum atomic E-state index is -1.14. The number of aryl methyl sites for hydroxylation is 1. The van der Waals surface area contributed by atoms with Gasteiger partial charge < -0.3 is 18.7 Å². The predicted octanol–water partition coefficient (Wildman–Crippen LogP) is 4.03. The first kappa shape index (κ1) is 19.4. The van der Waals surface area contributed by atoms with E-state index in [1.54, 1.807) is 50.2 Å². The highest BCUT2D eigenvalue weighted by Gasteiger charge is 2.16. The lowest BCUT2D eigenvalue weighted by atomic mass is 10.1. The number of carboxylic acid groups (broad SMARTS) is 1. The second kappa shape index (κ2) is 8.57. The van der Waals surface area contributed by atoms with Crippen LogP contribution in [-0.2, 0) is 9.53 Å². The van der Waals surface area contributed by atoms with Gasteiger partial charge in [0.05, 0.1) is 12.2 Å². The highest BCUT2D eigenvalue weighted by atomic mass is 32.2. The molecule has 0 atom stereocenters. The number of nitrogens with zero attached hydrogens (tertiary/aromatic N) is 2. The topological polar surface area (TPSA) is 116 Å². The zero-order valence-corrected chi connectivity index (χ0v) is 15.9. The number of carboxylic acids is 1. The molecular weight excluding hydrogens is 384 g/mol. The largest absolute Gasteiger partial charge is 0.477 e. The second-order valence-corrected chi connectivity index (χ2v) is 6.50. The first-order valence-electron chi connectivity index (χ1n) is 8.26. The first-order chi connectivity index (χ1) is 13.5. The normalized spacial score (nSPS) is 11.4. The van der Waals surface area contributed by atoms with Crippen LogP contribution in [0, 0.1) is 6.92 Å². The molecule has 0 saturated heterocycles. The SMILES string of the molecule is CCOC(=O)c1ccc(-c2ccc(/C=C(\Sc3nnc(C)o3)C(=O)O)o2)cc1. The van der Waals surface area contributed by atoms with Crippen LogP contribution in [0.3, 0.4) is 0 Å². The maximum Gasteiger partial charge on any atom is 0.342 e. The van der Waals surface area contributed by atoms with Crippen LogP contribution in [0.4, 0.5) is 0 Å². The van der Waals surface area contributed by atoms with Crippen molar-refractivity contribution < 1.29 is 28.3 Å². The van der Waals surface area contributed by atoms with Crippen LogP contribution in [0.1, 0.15) is 28.9 Å². The third kappa shape index (κ3) is 4.68. The number of ether oxygens (including phenoxy) is 1. The zero-order chi connectivity index (χ0) is 20.1. The number of benzene rings is 1. The molecule has 0 aliphatic carbocycles. The van der Waals surface area contributed by atoms with Crippen molar-refractivity contribution in [2.45, 2.75) is 19.1 Å². The average molecular weight is 400 g/mol. The van der Waals surface area contributed by atoms with Gasteiger partial charge in [0.2, 0.25) is 5.89 Å². The number of aliphatic carboxylic acids is 1. The van der Waals surface area contributed by atoms with E-state index in [4.69, 9.17) is 13.6 Å². The summed E-state index contributed by atoms with van der Waals surface area (Å²) in [5.74, 6) is -0.302. The molecule has 0 aliphatic heterocycles. The predicted molar refractivity (Wildman–Crippen MR) is 101 cm³/mol. The standard InChI is InChI=1S/C19H16N2O6S/c1-3-25-18(24)13-6-4-12(5-7-13)15-9-8-14(27-15)10-16(17(22)23)28-19-21-20-11(2)26-19/h4-10H,3H2,1-2H3,(H,22,23)/b16-10-. The molecule has 3 rings (SSSR count). The van der Waals surface area contributed by atoms with Gasteiger partial charge >= 0.3 is 11.9 Å². The molecule has 0 amide bonds. The number of furan rings is 1. The number of hydrogen-bond acceptors (Lipinski definition) is 8. The fraction of sp³-hybridized carbons (Fsp3) is 0.158. The maximum absolute atomic E-state index is 11.7. The van der Waals surface area contributed by atoms with Gasteiger partial charge in [0, 0.05) is 18.6 Å². The van der Waals surface area contributed by atoms with Crippen molar-refractivity contribution in [3.63, 3.8) is 0 Å². The molecule has 0 saturated carbocycles. The van der Waals surface area contributed by atoms with Gasteiger partial charge in [-0.05, 0) is 43.0 Å². The Morgan fingerprint density at radius 2 is 1.89 bits per heavy atom. The zero-order valence-electron chi connectivity index (χ0n) is 15.0. The van der Waals surface area contributed by atoms with Gasteiger partial charge in [-0.25, -0.2) is 9.59 Å². The molecule has 0 spiro atoms. The molecule has 144 valence electrons. The van der Waals surface area contributed by atoms with Gasteiger partial charge in [0.15, 0.2) is 0 Å². The molecule has 2 aromatic heterocycles. The molecule has 3 aromatic rings. The van der Waals surface area contributed by atoms with E-state index in [2.05, 4.69) is 10.2 Å². The van der Waals surface area contributed by atoms with Crippen LogP contribution in [-0.4, -0.2) is 33.8 Å². The second-order valence-electron chi connectivity index (χ2n) is 5.50. The lowest BCUT2D eigenvalue weighted by molar-refractivity contribution is -0.131. The number of esters is 1. The summed E-state index contributed by atoms with van der Waals surface area (Å²) in [6.45, 7) is 3.67.